The number of phenols is 1. The van der Waals surface area contributed by atoms with Gasteiger partial charge in [-0.3, -0.25) is 9.36 Å². The number of carbonyl (C=O) groups is 1. The molecule has 0 saturated heterocycles. The molecular weight excluding hydrogens is 584 g/mol. The van der Waals surface area contributed by atoms with E-state index in [4.69, 9.17) is 10.5 Å². The summed E-state index contributed by atoms with van der Waals surface area (Å²) in [5.41, 5.74) is 12.1. The molecule has 0 bridgehead atoms. The number of hydrogen-bond acceptors (Lipinski definition) is 7. The number of benzene rings is 3. The van der Waals surface area contributed by atoms with Crippen molar-refractivity contribution in [1.82, 2.24) is 9.13 Å². The van der Waals surface area contributed by atoms with E-state index in [0.717, 1.165) is 12.8 Å². The van der Waals surface area contributed by atoms with Crippen LogP contribution in [-0.2, 0) is 4.79 Å². The van der Waals surface area contributed by atoms with Gasteiger partial charge in [-0.2, -0.15) is 0 Å². The van der Waals surface area contributed by atoms with Crippen molar-refractivity contribution in [2.75, 3.05) is 25.5 Å². The van der Waals surface area contributed by atoms with Gasteiger partial charge in [0.05, 0.1) is 42.9 Å². The minimum atomic E-state index is -0.411. The molecule has 3 N–H and O–H groups in total. The Kier molecular flexibility index (Phi) is 7.97. The number of fused-ring (bicyclic) bond motifs is 1. The van der Waals surface area contributed by atoms with E-state index in [1.165, 1.54) is 38.4 Å². The number of ether oxygens (including phenoxy) is 1. The summed E-state index contributed by atoms with van der Waals surface area (Å²) in [6.07, 6.45) is 6.36. The first kappa shape index (κ1) is 30.4. The van der Waals surface area contributed by atoms with E-state index in [2.05, 4.69) is 10.7 Å². The first-order valence-electron chi connectivity index (χ1n) is 14.9. The lowest BCUT2D eigenvalue weighted by Gasteiger charge is -2.38. The van der Waals surface area contributed by atoms with E-state index >= 15 is 0 Å². The Morgan fingerprint density at radius 1 is 1.11 bits per heavy atom. The molecule has 234 valence electrons. The number of hydrogen-bond donors (Lipinski definition) is 2. The average Bonchev–Trinajstić information content (AvgIpc) is 3.88. The summed E-state index contributed by atoms with van der Waals surface area (Å²) >= 11 is 0. The summed E-state index contributed by atoms with van der Waals surface area (Å²) in [7, 11) is 3.27. The molecule has 1 aromatic heterocycles. The predicted molar refractivity (Wildman–Crippen MR) is 175 cm³/mol. The molecule has 2 aliphatic rings. The number of imidazole rings is 1. The van der Waals surface area contributed by atoms with Crippen LogP contribution < -0.4 is 31.9 Å². The number of quaternary nitrogens is 1. The lowest BCUT2D eigenvalue weighted by Crippen LogP contribution is -2.40. The van der Waals surface area contributed by atoms with Gasteiger partial charge in [0.1, 0.15) is 22.6 Å². The summed E-state index contributed by atoms with van der Waals surface area (Å²) < 4.78 is 8.45. The molecular formula is C35H34N6O5. The summed E-state index contributed by atoms with van der Waals surface area (Å²) in [6, 6.07) is 20.4. The van der Waals surface area contributed by atoms with E-state index in [9.17, 15) is 19.9 Å². The quantitative estimate of drug-likeness (QED) is 0.127. The van der Waals surface area contributed by atoms with Gasteiger partial charge in [0.2, 0.25) is 0 Å². The smallest absolute Gasteiger partial charge is 0.339 e. The first-order chi connectivity index (χ1) is 22.0. The Bertz CT molecular complexity index is 2100. The van der Waals surface area contributed by atoms with Crippen LogP contribution >= 0.6 is 0 Å². The maximum atomic E-state index is 14.2. The summed E-state index contributed by atoms with van der Waals surface area (Å²) in [4.78, 5) is 33.3. The number of amides is 1. The van der Waals surface area contributed by atoms with Crippen molar-refractivity contribution >= 4 is 17.3 Å². The number of phenolic OH excluding ortho intramolecular Hbond substituents is 1. The lowest BCUT2D eigenvalue weighted by atomic mass is 10.2. The molecule has 1 amide bonds. The second kappa shape index (κ2) is 12.1. The molecule has 11 heteroatoms. The molecule has 1 unspecified atom stereocenters. The van der Waals surface area contributed by atoms with Gasteiger partial charge in [-0.15, -0.1) is 0 Å². The van der Waals surface area contributed by atoms with Gasteiger partial charge in [0, 0.05) is 37.2 Å². The van der Waals surface area contributed by atoms with E-state index in [0.29, 0.717) is 50.7 Å². The topological polar surface area (TPSA) is 138 Å². The van der Waals surface area contributed by atoms with Gasteiger partial charge in [0.15, 0.2) is 5.49 Å². The number of nitrogens with two attached hydrogens (primary N) is 1. The molecule has 46 heavy (non-hydrogen) atoms. The van der Waals surface area contributed by atoms with Gasteiger partial charge in [-0.25, -0.2) is 14.4 Å². The number of hydroxylamine groups is 3. The number of nitrogens with zero attached hydrogens (tertiary/aromatic N) is 5. The third-order valence-electron chi connectivity index (χ3n) is 8.18. The molecule has 0 radical (unpaired) electrons. The van der Waals surface area contributed by atoms with Gasteiger partial charge >= 0.3 is 5.69 Å². The molecule has 1 saturated carbocycles. The number of likely N-dealkylation sites (N-methyl/N-ethyl adjacent to an activating group) is 2. The van der Waals surface area contributed by atoms with Crippen molar-refractivity contribution < 1.29 is 19.3 Å². The van der Waals surface area contributed by atoms with E-state index < -0.39 is 5.69 Å². The Balaban J connectivity index is 1.36. The fourth-order valence-electron chi connectivity index (χ4n) is 5.30. The Morgan fingerprint density at radius 3 is 2.46 bits per heavy atom. The van der Waals surface area contributed by atoms with E-state index in [-0.39, 0.29) is 28.9 Å². The van der Waals surface area contributed by atoms with Gasteiger partial charge in [0.25, 0.3) is 5.91 Å². The van der Waals surface area contributed by atoms with Crippen LogP contribution in [0.4, 0.5) is 5.69 Å². The van der Waals surface area contributed by atoms with Gasteiger partial charge in [-0.05, 0) is 79.7 Å². The zero-order valence-electron chi connectivity index (χ0n) is 25.8. The monoisotopic (exact) mass is 618 g/mol. The number of anilines is 1. The van der Waals surface area contributed by atoms with Gasteiger partial charge < -0.3 is 30.3 Å². The van der Waals surface area contributed by atoms with Crippen LogP contribution in [0.3, 0.4) is 0 Å². The van der Waals surface area contributed by atoms with Crippen molar-refractivity contribution in [2.24, 2.45) is 10.7 Å². The molecule has 3 aromatic carbocycles. The van der Waals surface area contributed by atoms with Crippen molar-refractivity contribution in [3.05, 3.63) is 129 Å². The Morgan fingerprint density at radius 2 is 1.78 bits per heavy atom. The van der Waals surface area contributed by atoms with Crippen molar-refractivity contribution in [3.63, 3.8) is 0 Å². The molecule has 4 aromatic rings. The minimum absolute atomic E-state index is 0.109. The fourth-order valence-corrected chi connectivity index (χ4v) is 5.30. The highest BCUT2D eigenvalue weighted by Crippen LogP contribution is 2.31. The van der Waals surface area contributed by atoms with Gasteiger partial charge in [-0.1, -0.05) is 11.8 Å². The fraction of sp³-hybridized carbons (Fsp3) is 0.200. The largest absolute Gasteiger partial charge is 0.633 e. The molecule has 0 spiro atoms. The molecule has 2 heterocycles. The molecule has 1 fully saturated rings. The SMILES string of the molecule is CC1=C=CN=c2c(n(-c3ccc(Oc4ccc(O)cc4)cc3)c(=O)n2-c2cccc(N(C)C(=O)/C=C/C[N+](C)([O-])C3CC3)c2)=C1N. The highest BCUT2D eigenvalue weighted by Gasteiger charge is 2.34. The summed E-state index contributed by atoms with van der Waals surface area (Å²) in [5.74, 6) is 0.924. The number of rotatable bonds is 9. The van der Waals surface area contributed by atoms with E-state index in [1.54, 1.807) is 87.8 Å². The van der Waals surface area contributed by atoms with Crippen LogP contribution in [0.5, 0.6) is 17.2 Å². The van der Waals surface area contributed by atoms with Crippen LogP contribution in [0, 0.1) is 5.21 Å². The number of aromatic nitrogens is 2. The maximum Gasteiger partial charge on any atom is 0.339 e. The second-order valence-electron chi connectivity index (χ2n) is 11.6. The molecule has 11 nitrogen and oxygen atoms in total. The van der Waals surface area contributed by atoms with Crippen LogP contribution in [0.2, 0.25) is 0 Å². The first-order valence-corrected chi connectivity index (χ1v) is 14.9. The zero-order chi connectivity index (χ0) is 32.6. The maximum absolute atomic E-state index is 14.2. The van der Waals surface area contributed by atoms with Crippen LogP contribution in [-0.4, -0.2) is 51.5 Å². The third-order valence-corrected chi connectivity index (χ3v) is 8.18. The van der Waals surface area contributed by atoms with Crippen molar-refractivity contribution in [3.8, 4) is 28.6 Å². The predicted octanol–water partition coefficient (Wildman–Crippen LogP) is 3.51. The summed E-state index contributed by atoms with van der Waals surface area (Å²) in [5, 5.41) is 22.5. The number of aromatic hydroxyl groups is 1. The third kappa shape index (κ3) is 6.02. The molecule has 1 aliphatic heterocycles. The lowest BCUT2D eigenvalue weighted by molar-refractivity contribution is -0.865. The molecule has 6 rings (SSSR count). The van der Waals surface area contributed by atoms with Crippen molar-refractivity contribution in [1.29, 1.82) is 0 Å². The standard InChI is InChI=1S/C35H34N6O5/c1-23-19-20-37-34-33(32(23)36)39(24-9-15-29(16-10-24)46-30-17-13-28(42)14-18-30)35(44)40(34)26-7-4-6-25(22-26)38(2)31(43)8-5-21-41(3,45)27-11-12-27/h4-10,13-18,20,22,27,42H,11-12,21,36H2,1-3H3/b8-5+. The van der Waals surface area contributed by atoms with Crippen LogP contribution in [0.25, 0.3) is 17.1 Å². The molecule has 1 aliphatic carbocycles. The zero-order valence-corrected chi connectivity index (χ0v) is 25.8. The van der Waals surface area contributed by atoms with Crippen LogP contribution in [0.1, 0.15) is 19.8 Å². The number of carbonyl (C=O) groups excluding carboxylic acids is 1. The highest BCUT2D eigenvalue weighted by atomic mass is 16.5. The van der Waals surface area contributed by atoms with Crippen molar-refractivity contribution in [2.45, 2.75) is 25.8 Å². The average molecular weight is 619 g/mol. The van der Waals surface area contributed by atoms with Crippen LogP contribution in [0.15, 0.2) is 112 Å². The van der Waals surface area contributed by atoms with E-state index in [1.807, 2.05) is 0 Å². The normalized spacial score (nSPS) is 15.5. The Labute approximate surface area is 265 Å². The summed E-state index contributed by atoms with van der Waals surface area (Å²) in [6.45, 7) is 2.02. The molecule has 1 atom stereocenters. The second-order valence-corrected chi connectivity index (χ2v) is 11.6. The minimum Gasteiger partial charge on any atom is -0.633 e. The highest BCUT2D eigenvalue weighted by molar-refractivity contribution is 6.01. The Hall–Kier alpha value is -5.61.